The monoisotopic (exact) mass is 528 g/mol. The molecule has 0 saturated carbocycles. The highest BCUT2D eigenvalue weighted by Crippen LogP contribution is 2.27. The summed E-state index contributed by atoms with van der Waals surface area (Å²) in [6.45, 7) is 5.48. The fraction of sp³-hybridized carbons (Fsp3) is 0.367. The molecular weight excluding hydrogens is 496 g/mol. The van der Waals surface area contributed by atoms with Crippen LogP contribution in [-0.4, -0.2) is 76.5 Å². The van der Waals surface area contributed by atoms with Gasteiger partial charge in [-0.1, -0.05) is 36.1 Å². The molecule has 2 aliphatic heterocycles. The molecule has 2 aliphatic rings. The van der Waals surface area contributed by atoms with E-state index in [4.69, 9.17) is 9.47 Å². The highest BCUT2D eigenvalue weighted by atomic mass is 16.6. The fourth-order valence-electron chi connectivity index (χ4n) is 4.87. The lowest BCUT2D eigenvalue weighted by atomic mass is 9.92. The molecule has 0 spiro atoms. The number of nitrogens with one attached hydrogen (secondary N) is 1. The number of H-pyrrole nitrogens is 1. The maximum Gasteiger partial charge on any atom is 0.410 e. The van der Waals surface area contributed by atoms with Gasteiger partial charge in [0.2, 0.25) is 5.75 Å². The van der Waals surface area contributed by atoms with Crippen LogP contribution in [0.4, 0.5) is 4.79 Å². The average Bonchev–Trinajstić information content (AvgIpc) is 3.24. The molecule has 2 saturated heterocycles. The second-order valence-electron chi connectivity index (χ2n) is 10.1. The summed E-state index contributed by atoms with van der Waals surface area (Å²) in [6, 6.07) is 16.1. The Morgan fingerprint density at radius 1 is 1.10 bits per heavy atom. The largest absolute Gasteiger partial charge is 0.502 e. The number of amides is 1. The van der Waals surface area contributed by atoms with Crippen molar-refractivity contribution in [1.82, 2.24) is 19.8 Å². The Kier molecular flexibility index (Phi) is 7.96. The number of benzene rings is 2. The van der Waals surface area contributed by atoms with Gasteiger partial charge >= 0.3 is 6.09 Å². The third-order valence-corrected chi connectivity index (χ3v) is 7.33. The maximum atomic E-state index is 12.3. The zero-order chi connectivity index (χ0) is 27.4. The molecule has 202 valence electrons. The number of methoxy groups -OCH3 is 1. The molecule has 2 atom stereocenters. The Labute approximate surface area is 227 Å². The van der Waals surface area contributed by atoms with E-state index in [0.29, 0.717) is 19.3 Å². The van der Waals surface area contributed by atoms with Gasteiger partial charge in [-0.2, -0.15) is 0 Å². The van der Waals surface area contributed by atoms with Gasteiger partial charge in [0.25, 0.3) is 5.56 Å². The molecule has 3 heterocycles. The lowest BCUT2D eigenvalue weighted by molar-refractivity contribution is -0.0333. The van der Waals surface area contributed by atoms with E-state index in [1.165, 1.54) is 11.9 Å². The highest BCUT2D eigenvalue weighted by Gasteiger charge is 2.32. The van der Waals surface area contributed by atoms with Gasteiger partial charge in [-0.25, -0.2) is 9.78 Å². The number of hydrogen-bond donors (Lipinski definition) is 2. The summed E-state index contributed by atoms with van der Waals surface area (Å²) in [5, 5.41) is 10.2. The second-order valence-corrected chi connectivity index (χ2v) is 10.1. The summed E-state index contributed by atoms with van der Waals surface area (Å²) >= 11 is 0. The first-order chi connectivity index (χ1) is 18.9. The minimum atomic E-state index is -0.591. The zero-order valence-electron chi connectivity index (χ0n) is 22.1. The molecule has 5 rings (SSSR count). The summed E-state index contributed by atoms with van der Waals surface area (Å²) in [5.41, 5.74) is 3.69. The molecule has 2 aromatic carbocycles. The molecule has 0 unspecified atom stereocenters. The number of carbonyl (C=O) groups excluding carboxylic acids is 1. The van der Waals surface area contributed by atoms with Crippen molar-refractivity contribution in [3.63, 3.8) is 0 Å². The number of ether oxygens (including phenoxy) is 2. The second kappa shape index (κ2) is 11.7. The van der Waals surface area contributed by atoms with E-state index in [2.05, 4.69) is 38.8 Å². The number of aromatic hydroxyl groups is 1. The lowest BCUT2D eigenvalue weighted by Gasteiger charge is -2.38. The van der Waals surface area contributed by atoms with Crippen molar-refractivity contribution >= 4 is 6.09 Å². The van der Waals surface area contributed by atoms with Crippen LogP contribution < -0.4 is 5.56 Å². The van der Waals surface area contributed by atoms with Gasteiger partial charge < -0.3 is 24.5 Å². The number of aromatic nitrogens is 2. The van der Waals surface area contributed by atoms with Crippen LogP contribution >= 0.6 is 0 Å². The van der Waals surface area contributed by atoms with Gasteiger partial charge in [-0.3, -0.25) is 9.69 Å². The standard InChI is InChI=1S/C30H32N4O5/c1-20-18-39-30(37)34(20)15-25(13-27-28(35)29(36)32-19-31-27)24-11-9-22(10-12-24)4-3-21-5-7-23(8-6-21)14-33-16-26(17-33)38-2/h5-12,19-20,25-26,35H,13-18H2,1-2H3,(H,31,32,36)/t20-,25-/m0/s1. The summed E-state index contributed by atoms with van der Waals surface area (Å²) in [6.07, 6.45) is 1.54. The summed E-state index contributed by atoms with van der Waals surface area (Å²) < 4.78 is 10.5. The summed E-state index contributed by atoms with van der Waals surface area (Å²) in [4.78, 5) is 34.7. The predicted octanol–water partition coefficient (Wildman–Crippen LogP) is 2.87. The third kappa shape index (κ3) is 6.30. The molecule has 9 nitrogen and oxygen atoms in total. The topological polar surface area (TPSA) is 108 Å². The normalized spacial score (nSPS) is 18.3. The number of rotatable bonds is 8. The smallest absolute Gasteiger partial charge is 0.410 e. The van der Waals surface area contributed by atoms with Crippen molar-refractivity contribution in [3.05, 3.63) is 93.2 Å². The molecule has 1 aromatic heterocycles. The van der Waals surface area contributed by atoms with Crippen molar-refractivity contribution in [2.75, 3.05) is 33.4 Å². The van der Waals surface area contributed by atoms with Gasteiger partial charge in [0.1, 0.15) is 6.61 Å². The Bertz CT molecular complexity index is 1420. The van der Waals surface area contributed by atoms with Crippen LogP contribution in [0.3, 0.4) is 0 Å². The lowest BCUT2D eigenvalue weighted by Crippen LogP contribution is -2.50. The first kappa shape index (κ1) is 26.5. The fourth-order valence-corrected chi connectivity index (χ4v) is 4.87. The van der Waals surface area contributed by atoms with Gasteiger partial charge in [-0.05, 0) is 42.3 Å². The number of cyclic esters (lactones) is 1. The Balaban J connectivity index is 1.28. The number of aromatic amines is 1. The molecule has 0 radical (unpaired) electrons. The van der Waals surface area contributed by atoms with Crippen LogP contribution in [0.5, 0.6) is 5.75 Å². The van der Waals surface area contributed by atoms with Crippen molar-refractivity contribution < 1.29 is 19.4 Å². The van der Waals surface area contributed by atoms with Gasteiger partial charge in [0, 0.05) is 56.8 Å². The van der Waals surface area contributed by atoms with Crippen molar-refractivity contribution in [2.24, 2.45) is 0 Å². The van der Waals surface area contributed by atoms with Crippen LogP contribution in [0.1, 0.15) is 40.8 Å². The molecule has 39 heavy (non-hydrogen) atoms. The summed E-state index contributed by atoms with van der Waals surface area (Å²) in [7, 11) is 1.76. The molecule has 3 aromatic rings. The van der Waals surface area contributed by atoms with Crippen LogP contribution in [0, 0.1) is 11.8 Å². The van der Waals surface area contributed by atoms with E-state index in [0.717, 1.165) is 36.3 Å². The van der Waals surface area contributed by atoms with Crippen LogP contribution in [0.2, 0.25) is 0 Å². The van der Waals surface area contributed by atoms with Crippen molar-refractivity contribution in [1.29, 1.82) is 0 Å². The predicted molar refractivity (Wildman–Crippen MR) is 145 cm³/mol. The van der Waals surface area contributed by atoms with Crippen LogP contribution in [0.25, 0.3) is 0 Å². The van der Waals surface area contributed by atoms with E-state index < -0.39 is 11.3 Å². The third-order valence-electron chi connectivity index (χ3n) is 7.33. The number of carbonyl (C=O) groups is 1. The Morgan fingerprint density at radius 3 is 2.38 bits per heavy atom. The maximum absolute atomic E-state index is 12.3. The number of likely N-dealkylation sites (tertiary alicyclic amines) is 1. The molecule has 0 bridgehead atoms. The number of hydrogen-bond acceptors (Lipinski definition) is 7. The average molecular weight is 529 g/mol. The van der Waals surface area contributed by atoms with Gasteiger partial charge in [0.15, 0.2) is 0 Å². The summed E-state index contributed by atoms with van der Waals surface area (Å²) in [5.74, 6) is 5.83. The zero-order valence-corrected chi connectivity index (χ0v) is 22.1. The Hall–Kier alpha value is -4.13. The molecule has 2 fully saturated rings. The number of nitrogens with zero attached hydrogens (tertiary/aromatic N) is 3. The molecular formula is C30H32N4O5. The first-order valence-corrected chi connectivity index (χ1v) is 13.0. The van der Waals surface area contributed by atoms with E-state index in [-0.39, 0.29) is 30.2 Å². The molecule has 1 amide bonds. The molecule has 0 aliphatic carbocycles. The van der Waals surface area contributed by atoms with E-state index in [9.17, 15) is 14.7 Å². The highest BCUT2D eigenvalue weighted by molar-refractivity contribution is 5.70. The van der Waals surface area contributed by atoms with Crippen molar-refractivity contribution in [2.45, 2.75) is 38.0 Å². The van der Waals surface area contributed by atoms with Crippen molar-refractivity contribution in [3.8, 4) is 17.6 Å². The quantitative estimate of drug-likeness (QED) is 0.433. The molecule has 9 heteroatoms. The minimum absolute atomic E-state index is 0.0644. The van der Waals surface area contributed by atoms with E-state index in [1.54, 1.807) is 12.0 Å². The van der Waals surface area contributed by atoms with Gasteiger partial charge in [-0.15, -0.1) is 0 Å². The first-order valence-electron chi connectivity index (χ1n) is 13.0. The Morgan fingerprint density at radius 2 is 1.77 bits per heavy atom. The van der Waals surface area contributed by atoms with E-state index >= 15 is 0 Å². The minimum Gasteiger partial charge on any atom is -0.502 e. The SMILES string of the molecule is COC1CN(Cc2ccc(C#Cc3ccc([C@@H](Cc4nc[nH]c(=O)c4O)CN4C(=O)OC[C@@H]4C)cc3)cc2)C1. The van der Waals surface area contributed by atoms with Crippen LogP contribution in [-0.2, 0) is 22.4 Å². The van der Waals surface area contributed by atoms with E-state index in [1.807, 2.05) is 43.3 Å². The van der Waals surface area contributed by atoms with Crippen LogP contribution in [0.15, 0.2) is 59.7 Å². The molecule has 2 N–H and O–H groups in total. The van der Waals surface area contributed by atoms with Gasteiger partial charge in [0.05, 0.1) is 24.2 Å².